The summed E-state index contributed by atoms with van der Waals surface area (Å²) in [5.74, 6) is 0.919. The first-order valence-electron chi connectivity index (χ1n) is 13.9. The standard InChI is InChI=1S/C30H36N4O4/c1-20-17-33(18-21(2)37-20)30(36)29-25-10-6-11-26(25)34(31-29)19-28(35)32-15-13-23(14-16-32)38-27-12-5-8-22-7-3-4-9-24(22)27/h3-5,7-9,12,20-21,23H,6,10-11,13-19H2,1-2H3/t20-,21+. The van der Waals surface area contributed by atoms with Crippen LogP contribution < -0.4 is 4.74 Å². The van der Waals surface area contributed by atoms with Gasteiger partial charge in [-0.15, -0.1) is 0 Å². The molecule has 0 saturated carbocycles. The summed E-state index contributed by atoms with van der Waals surface area (Å²) in [6.07, 6.45) is 4.39. The molecule has 2 aromatic carbocycles. The van der Waals surface area contributed by atoms with Gasteiger partial charge in [0, 0.05) is 55.7 Å². The highest BCUT2D eigenvalue weighted by Gasteiger charge is 2.33. The lowest BCUT2D eigenvalue weighted by molar-refractivity contribution is -0.133. The van der Waals surface area contributed by atoms with Gasteiger partial charge in [-0.2, -0.15) is 5.10 Å². The van der Waals surface area contributed by atoms with Gasteiger partial charge in [-0.1, -0.05) is 36.4 Å². The van der Waals surface area contributed by atoms with Crippen LogP contribution in [-0.4, -0.2) is 75.9 Å². The normalized spacial score (nSPS) is 22.1. The molecule has 0 spiro atoms. The van der Waals surface area contributed by atoms with Crippen molar-refractivity contribution in [3.63, 3.8) is 0 Å². The molecule has 2 saturated heterocycles. The van der Waals surface area contributed by atoms with Crippen LogP contribution >= 0.6 is 0 Å². The highest BCUT2D eigenvalue weighted by atomic mass is 16.5. The van der Waals surface area contributed by atoms with E-state index in [0.29, 0.717) is 31.9 Å². The van der Waals surface area contributed by atoms with Gasteiger partial charge in [0.2, 0.25) is 5.91 Å². The van der Waals surface area contributed by atoms with Crippen molar-refractivity contribution < 1.29 is 19.1 Å². The number of amides is 2. The molecule has 200 valence electrons. The number of hydrogen-bond donors (Lipinski definition) is 0. The Morgan fingerprint density at radius 3 is 2.50 bits per heavy atom. The quantitative estimate of drug-likeness (QED) is 0.515. The topological polar surface area (TPSA) is 76.9 Å². The smallest absolute Gasteiger partial charge is 0.274 e. The third kappa shape index (κ3) is 4.89. The maximum absolute atomic E-state index is 13.4. The van der Waals surface area contributed by atoms with Crippen LogP contribution in [0.25, 0.3) is 10.8 Å². The fourth-order valence-electron chi connectivity index (χ4n) is 6.23. The van der Waals surface area contributed by atoms with E-state index in [1.165, 1.54) is 5.39 Å². The van der Waals surface area contributed by atoms with Crippen molar-refractivity contribution in [3.05, 3.63) is 59.4 Å². The second-order valence-electron chi connectivity index (χ2n) is 10.9. The zero-order valence-corrected chi connectivity index (χ0v) is 22.3. The molecule has 1 aromatic heterocycles. The summed E-state index contributed by atoms with van der Waals surface area (Å²) >= 11 is 0. The number of carbonyl (C=O) groups is 2. The molecule has 8 heteroatoms. The molecule has 1 aliphatic carbocycles. The fraction of sp³-hybridized carbons (Fsp3) is 0.500. The SMILES string of the molecule is C[C@@H]1CN(C(=O)c2nn(CC(=O)N3CCC(Oc4cccc5ccccc45)CC3)c3c2CCC3)C[C@H](C)O1. The first-order valence-corrected chi connectivity index (χ1v) is 13.9. The molecule has 2 amide bonds. The number of aromatic nitrogens is 2. The van der Waals surface area contributed by atoms with E-state index >= 15 is 0 Å². The first-order chi connectivity index (χ1) is 18.5. The number of likely N-dealkylation sites (tertiary alicyclic amines) is 1. The van der Waals surface area contributed by atoms with E-state index in [2.05, 4.69) is 18.2 Å². The zero-order chi connectivity index (χ0) is 26.2. The van der Waals surface area contributed by atoms with E-state index in [4.69, 9.17) is 14.6 Å². The van der Waals surface area contributed by atoms with E-state index in [-0.39, 0.29) is 36.7 Å². The van der Waals surface area contributed by atoms with Crippen LogP contribution in [0.3, 0.4) is 0 Å². The summed E-state index contributed by atoms with van der Waals surface area (Å²) in [7, 11) is 0. The van der Waals surface area contributed by atoms with Gasteiger partial charge >= 0.3 is 0 Å². The molecule has 3 aromatic rings. The third-order valence-electron chi connectivity index (χ3n) is 8.04. The summed E-state index contributed by atoms with van der Waals surface area (Å²) in [5.41, 5.74) is 2.59. The highest BCUT2D eigenvalue weighted by molar-refractivity contribution is 5.94. The van der Waals surface area contributed by atoms with Gasteiger partial charge in [0.15, 0.2) is 5.69 Å². The summed E-state index contributed by atoms with van der Waals surface area (Å²) in [4.78, 5) is 30.5. The minimum absolute atomic E-state index is 0.00642. The lowest BCUT2D eigenvalue weighted by Crippen LogP contribution is -2.48. The van der Waals surface area contributed by atoms with Gasteiger partial charge < -0.3 is 19.3 Å². The fourth-order valence-corrected chi connectivity index (χ4v) is 6.23. The van der Waals surface area contributed by atoms with E-state index in [0.717, 1.165) is 54.5 Å². The van der Waals surface area contributed by atoms with Crippen molar-refractivity contribution in [2.45, 2.75) is 70.8 Å². The number of benzene rings is 2. The van der Waals surface area contributed by atoms with Crippen molar-refractivity contribution in [3.8, 4) is 5.75 Å². The van der Waals surface area contributed by atoms with Crippen molar-refractivity contribution in [2.75, 3.05) is 26.2 Å². The van der Waals surface area contributed by atoms with Gasteiger partial charge in [-0.25, -0.2) is 0 Å². The molecule has 2 atom stereocenters. The molecule has 0 radical (unpaired) electrons. The number of ether oxygens (including phenoxy) is 2. The Bertz CT molecular complexity index is 1330. The van der Waals surface area contributed by atoms with Crippen LogP contribution in [0.2, 0.25) is 0 Å². The molecule has 0 unspecified atom stereocenters. The summed E-state index contributed by atoms with van der Waals surface area (Å²) in [5, 5.41) is 6.99. The van der Waals surface area contributed by atoms with Crippen molar-refractivity contribution in [2.24, 2.45) is 0 Å². The predicted molar refractivity (Wildman–Crippen MR) is 144 cm³/mol. The minimum atomic E-state index is -0.0391. The second-order valence-corrected chi connectivity index (χ2v) is 10.9. The van der Waals surface area contributed by atoms with Gasteiger partial charge in [0.05, 0.1) is 12.2 Å². The average molecular weight is 517 g/mol. The number of hydrogen-bond acceptors (Lipinski definition) is 5. The van der Waals surface area contributed by atoms with E-state index < -0.39 is 0 Å². The monoisotopic (exact) mass is 516 g/mol. The molecule has 3 heterocycles. The number of carbonyl (C=O) groups excluding carboxylic acids is 2. The van der Waals surface area contributed by atoms with Crippen molar-refractivity contribution in [1.29, 1.82) is 0 Å². The largest absolute Gasteiger partial charge is 0.490 e. The molecule has 0 N–H and O–H groups in total. The van der Waals surface area contributed by atoms with Gasteiger partial charge in [0.25, 0.3) is 5.91 Å². The molecular formula is C30H36N4O4. The minimum Gasteiger partial charge on any atom is -0.490 e. The highest BCUT2D eigenvalue weighted by Crippen LogP contribution is 2.29. The molecule has 2 fully saturated rings. The van der Waals surface area contributed by atoms with Gasteiger partial charge in [-0.3, -0.25) is 14.3 Å². The number of fused-ring (bicyclic) bond motifs is 2. The Kier molecular flexibility index (Phi) is 6.82. The number of nitrogens with zero attached hydrogens (tertiary/aromatic N) is 4. The van der Waals surface area contributed by atoms with E-state index in [1.807, 2.05) is 47.9 Å². The second kappa shape index (κ2) is 10.4. The first kappa shape index (κ1) is 24.9. The molecule has 38 heavy (non-hydrogen) atoms. The molecule has 6 rings (SSSR count). The van der Waals surface area contributed by atoms with Crippen molar-refractivity contribution >= 4 is 22.6 Å². The molecule has 2 aliphatic heterocycles. The van der Waals surface area contributed by atoms with Crippen molar-refractivity contribution in [1.82, 2.24) is 19.6 Å². The zero-order valence-electron chi connectivity index (χ0n) is 22.3. The molecule has 0 bridgehead atoms. The number of morpholine rings is 1. The van der Waals surface area contributed by atoms with Crippen LogP contribution in [0.5, 0.6) is 5.75 Å². The number of piperidine rings is 1. The van der Waals surface area contributed by atoms with E-state index in [9.17, 15) is 9.59 Å². The Morgan fingerprint density at radius 1 is 0.974 bits per heavy atom. The Hall–Kier alpha value is -3.39. The maximum atomic E-state index is 13.4. The molecular weight excluding hydrogens is 480 g/mol. The molecule has 8 nitrogen and oxygen atoms in total. The Labute approximate surface area is 223 Å². The lowest BCUT2D eigenvalue weighted by Gasteiger charge is -2.35. The van der Waals surface area contributed by atoms with Crippen LogP contribution in [0.15, 0.2) is 42.5 Å². The average Bonchev–Trinajstić information content (AvgIpc) is 3.52. The van der Waals surface area contributed by atoms with Crippen LogP contribution in [0.1, 0.15) is 54.9 Å². The third-order valence-corrected chi connectivity index (χ3v) is 8.04. The predicted octanol–water partition coefficient (Wildman–Crippen LogP) is 3.84. The maximum Gasteiger partial charge on any atom is 0.274 e. The summed E-state index contributed by atoms with van der Waals surface area (Å²) < 4.78 is 14.0. The number of rotatable bonds is 5. The Morgan fingerprint density at radius 2 is 1.71 bits per heavy atom. The lowest BCUT2D eigenvalue weighted by atomic mass is 10.1. The molecule has 3 aliphatic rings. The van der Waals surface area contributed by atoms with Crippen LogP contribution in [0, 0.1) is 0 Å². The van der Waals surface area contributed by atoms with E-state index in [1.54, 1.807) is 4.68 Å². The van der Waals surface area contributed by atoms with Crippen LogP contribution in [0.4, 0.5) is 0 Å². The summed E-state index contributed by atoms with van der Waals surface area (Å²) in [6.45, 7) is 6.63. The van der Waals surface area contributed by atoms with Gasteiger partial charge in [0.1, 0.15) is 18.4 Å². The van der Waals surface area contributed by atoms with Gasteiger partial charge in [-0.05, 0) is 44.6 Å². The summed E-state index contributed by atoms with van der Waals surface area (Å²) in [6, 6.07) is 14.4. The van der Waals surface area contributed by atoms with Crippen LogP contribution in [-0.2, 0) is 28.9 Å². The Balaban J connectivity index is 1.09.